The van der Waals surface area contributed by atoms with Crippen molar-refractivity contribution in [2.24, 2.45) is 0 Å². The van der Waals surface area contributed by atoms with Gasteiger partial charge in [-0.2, -0.15) is 4.68 Å². The van der Waals surface area contributed by atoms with Gasteiger partial charge in [-0.05, 0) is 22.6 Å². The second-order valence-electron chi connectivity index (χ2n) is 3.85. The van der Waals surface area contributed by atoms with E-state index in [2.05, 4.69) is 25.8 Å². The van der Waals surface area contributed by atoms with Crippen LogP contribution in [0.3, 0.4) is 0 Å². The molecule has 2 aromatic heterocycles. The molecule has 6 nitrogen and oxygen atoms in total. The van der Waals surface area contributed by atoms with Gasteiger partial charge in [0.1, 0.15) is 0 Å². The Kier molecular flexibility index (Phi) is 3.46. The number of anilines is 1. The standard InChI is InChI=1S/C12H12N6S/c1-2-4-10(5-3-1)18-12(15-16-17-18)14-7-6-11-13-8-9-19-11/h1-5,8-9H,6-7H2,(H,14,15,17). The Labute approximate surface area is 114 Å². The van der Waals surface area contributed by atoms with E-state index in [9.17, 15) is 0 Å². The maximum atomic E-state index is 4.24. The van der Waals surface area contributed by atoms with Gasteiger partial charge in [0.2, 0.25) is 5.95 Å². The van der Waals surface area contributed by atoms with Crippen LogP contribution in [0.5, 0.6) is 0 Å². The molecule has 2 heterocycles. The van der Waals surface area contributed by atoms with E-state index in [1.165, 1.54) is 0 Å². The lowest BCUT2D eigenvalue weighted by Crippen LogP contribution is -2.10. The van der Waals surface area contributed by atoms with Crippen molar-refractivity contribution >= 4 is 17.3 Å². The van der Waals surface area contributed by atoms with Crippen LogP contribution >= 0.6 is 11.3 Å². The monoisotopic (exact) mass is 272 g/mol. The summed E-state index contributed by atoms with van der Waals surface area (Å²) in [5.41, 5.74) is 0.934. The van der Waals surface area contributed by atoms with Crippen LogP contribution in [0.2, 0.25) is 0 Å². The predicted molar refractivity (Wildman–Crippen MR) is 73.5 cm³/mol. The van der Waals surface area contributed by atoms with Gasteiger partial charge in [-0.1, -0.05) is 23.3 Å². The number of thiazole rings is 1. The molecule has 3 rings (SSSR count). The Morgan fingerprint density at radius 2 is 2.11 bits per heavy atom. The molecule has 0 aliphatic rings. The highest BCUT2D eigenvalue weighted by molar-refractivity contribution is 7.09. The first-order chi connectivity index (χ1) is 9.43. The van der Waals surface area contributed by atoms with E-state index in [-0.39, 0.29) is 0 Å². The molecule has 0 fully saturated rings. The molecule has 0 atom stereocenters. The third kappa shape index (κ3) is 2.76. The van der Waals surface area contributed by atoms with Crippen LogP contribution in [-0.4, -0.2) is 31.7 Å². The molecule has 3 aromatic rings. The van der Waals surface area contributed by atoms with E-state index in [4.69, 9.17) is 0 Å². The van der Waals surface area contributed by atoms with E-state index in [1.54, 1.807) is 16.0 Å². The second-order valence-corrected chi connectivity index (χ2v) is 4.83. The minimum atomic E-state index is 0.641. The minimum Gasteiger partial charge on any atom is -0.352 e. The average molecular weight is 272 g/mol. The summed E-state index contributed by atoms with van der Waals surface area (Å²) in [4.78, 5) is 4.24. The molecular formula is C12H12N6S. The van der Waals surface area contributed by atoms with E-state index >= 15 is 0 Å². The van der Waals surface area contributed by atoms with Gasteiger partial charge in [0, 0.05) is 24.5 Å². The highest BCUT2D eigenvalue weighted by Crippen LogP contribution is 2.11. The summed E-state index contributed by atoms with van der Waals surface area (Å²) in [5, 5.41) is 18.0. The molecular weight excluding hydrogens is 260 g/mol. The lowest BCUT2D eigenvalue weighted by atomic mass is 10.3. The van der Waals surface area contributed by atoms with E-state index < -0.39 is 0 Å². The quantitative estimate of drug-likeness (QED) is 0.766. The Bertz CT molecular complexity index is 619. The molecule has 7 heteroatoms. The van der Waals surface area contributed by atoms with Crippen molar-refractivity contribution in [1.29, 1.82) is 0 Å². The maximum absolute atomic E-state index is 4.24. The molecule has 0 aliphatic heterocycles. The van der Waals surface area contributed by atoms with Crippen LogP contribution in [0, 0.1) is 0 Å². The number of rotatable bonds is 5. The van der Waals surface area contributed by atoms with E-state index in [1.807, 2.05) is 41.9 Å². The van der Waals surface area contributed by atoms with Gasteiger partial charge >= 0.3 is 0 Å². The average Bonchev–Trinajstić information content (AvgIpc) is 3.11. The lowest BCUT2D eigenvalue weighted by Gasteiger charge is -2.05. The van der Waals surface area contributed by atoms with Crippen LogP contribution in [0.25, 0.3) is 5.69 Å². The molecule has 0 aliphatic carbocycles. The van der Waals surface area contributed by atoms with Crippen molar-refractivity contribution in [3.05, 3.63) is 46.9 Å². The third-order valence-corrected chi connectivity index (χ3v) is 3.42. The summed E-state index contributed by atoms with van der Waals surface area (Å²) in [5.74, 6) is 0.641. The van der Waals surface area contributed by atoms with Crippen LogP contribution in [0.15, 0.2) is 41.9 Å². The minimum absolute atomic E-state index is 0.641. The van der Waals surface area contributed by atoms with Crippen molar-refractivity contribution in [3.8, 4) is 5.69 Å². The Hall–Kier alpha value is -2.28. The third-order valence-electron chi connectivity index (χ3n) is 2.58. The molecule has 1 N–H and O–H groups in total. The first-order valence-corrected chi connectivity index (χ1v) is 6.77. The Morgan fingerprint density at radius 1 is 1.21 bits per heavy atom. The first kappa shape index (κ1) is 11.8. The summed E-state index contributed by atoms with van der Waals surface area (Å²) in [6.07, 6.45) is 2.67. The molecule has 96 valence electrons. The van der Waals surface area contributed by atoms with Crippen molar-refractivity contribution in [1.82, 2.24) is 25.2 Å². The molecule has 0 saturated carbocycles. The predicted octanol–water partition coefficient (Wildman–Crippen LogP) is 1.77. The van der Waals surface area contributed by atoms with Gasteiger partial charge in [0.25, 0.3) is 0 Å². The fourth-order valence-electron chi connectivity index (χ4n) is 1.70. The molecule has 19 heavy (non-hydrogen) atoms. The largest absolute Gasteiger partial charge is 0.352 e. The summed E-state index contributed by atoms with van der Waals surface area (Å²) in [6, 6.07) is 9.79. The van der Waals surface area contributed by atoms with Crippen molar-refractivity contribution in [2.45, 2.75) is 6.42 Å². The number of aromatic nitrogens is 5. The smallest absolute Gasteiger partial charge is 0.247 e. The maximum Gasteiger partial charge on any atom is 0.247 e. The van der Waals surface area contributed by atoms with Crippen LogP contribution in [0.1, 0.15) is 5.01 Å². The number of nitrogens with zero attached hydrogens (tertiary/aromatic N) is 5. The fourth-order valence-corrected chi connectivity index (χ4v) is 2.32. The molecule has 0 saturated heterocycles. The first-order valence-electron chi connectivity index (χ1n) is 5.89. The highest BCUT2D eigenvalue weighted by atomic mass is 32.1. The summed E-state index contributed by atoms with van der Waals surface area (Å²) >= 11 is 1.65. The van der Waals surface area contributed by atoms with Crippen LogP contribution in [-0.2, 0) is 6.42 Å². The Balaban J connectivity index is 1.67. The number of para-hydroxylation sites is 1. The zero-order chi connectivity index (χ0) is 12.9. The molecule has 0 amide bonds. The number of hydrogen-bond donors (Lipinski definition) is 1. The van der Waals surface area contributed by atoms with Gasteiger partial charge in [-0.25, -0.2) is 4.98 Å². The normalized spacial score (nSPS) is 10.5. The van der Waals surface area contributed by atoms with Crippen molar-refractivity contribution < 1.29 is 0 Å². The van der Waals surface area contributed by atoms with Gasteiger partial charge in [0.15, 0.2) is 0 Å². The number of benzene rings is 1. The summed E-state index contributed by atoms with van der Waals surface area (Å²) in [7, 11) is 0. The summed E-state index contributed by atoms with van der Waals surface area (Å²) in [6.45, 7) is 0.751. The van der Waals surface area contributed by atoms with E-state index in [0.29, 0.717) is 5.95 Å². The van der Waals surface area contributed by atoms with Crippen molar-refractivity contribution in [3.63, 3.8) is 0 Å². The van der Waals surface area contributed by atoms with Gasteiger partial charge in [-0.3, -0.25) is 0 Å². The number of nitrogens with one attached hydrogen (secondary N) is 1. The SMILES string of the molecule is c1ccc(-n2nnnc2NCCc2nccs2)cc1. The highest BCUT2D eigenvalue weighted by Gasteiger charge is 2.07. The van der Waals surface area contributed by atoms with Crippen molar-refractivity contribution in [2.75, 3.05) is 11.9 Å². The fraction of sp³-hybridized carbons (Fsp3) is 0.167. The topological polar surface area (TPSA) is 68.5 Å². The molecule has 0 bridgehead atoms. The number of tetrazole rings is 1. The van der Waals surface area contributed by atoms with Gasteiger partial charge in [0.05, 0.1) is 10.7 Å². The van der Waals surface area contributed by atoms with Crippen LogP contribution < -0.4 is 5.32 Å². The molecule has 0 spiro atoms. The molecule has 0 unspecified atom stereocenters. The zero-order valence-electron chi connectivity index (χ0n) is 10.1. The van der Waals surface area contributed by atoms with E-state index in [0.717, 1.165) is 23.7 Å². The van der Waals surface area contributed by atoms with Gasteiger partial charge < -0.3 is 5.32 Å². The van der Waals surface area contributed by atoms with Gasteiger partial charge in [-0.15, -0.1) is 11.3 Å². The second kappa shape index (κ2) is 5.57. The summed E-state index contributed by atoms with van der Waals surface area (Å²) < 4.78 is 1.68. The Morgan fingerprint density at radius 3 is 2.89 bits per heavy atom. The zero-order valence-corrected chi connectivity index (χ0v) is 10.9. The van der Waals surface area contributed by atoms with Crippen LogP contribution in [0.4, 0.5) is 5.95 Å². The lowest BCUT2D eigenvalue weighted by molar-refractivity contribution is 0.788. The molecule has 0 radical (unpaired) electrons. The number of hydrogen-bond acceptors (Lipinski definition) is 6. The molecule has 1 aromatic carbocycles.